The largest absolute Gasteiger partial charge is 0.376 e. The van der Waals surface area contributed by atoms with Crippen molar-refractivity contribution in [3.63, 3.8) is 0 Å². The molecule has 0 aromatic carbocycles. The molecule has 3 heterocycles. The first-order chi connectivity index (χ1) is 12.1. The van der Waals surface area contributed by atoms with Crippen molar-refractivity contribution < 1.29 is 4.79 Å². The number of nitrogens with one attached hydrogen (secondary N) is 2. The molecule has 1 amide bonds. The van der Waals surface area contributed by atoms with Gasteiger partial charge in [-0.05, 0) is 35.7 Å². The Morgan fingerprint density at radius 2 is 2.32 bits per heavy atom. The number of allylic oxidation sites excluding steroid dienone is 1. The quantitative estimate of drug-likeness (QED) is 0.817. The number of hydrogen-bond donors (Lipinski definition) is 2. The topological polar surface area (TPSA) is 97.7 Å². The van der Waals surface area contributed by atoms with Gasteiger partial charge in [0.15, 0.2) is 5.65 Å². The molecule has 0 aliphatic carbocycles. The molecule has 2 aromatic rings. The van der Waals surface area contributed by atoms with Gasteiger partial charge < -0.3 is 15.2 Å². The number of carbonyl (C=O) groups excluding carboxylic acids is 1. The number of aromatic nitrogens is 3. The first-order valence-electron chi connectivity index (χ1n) is 8.20. The number of nitriles is 1. The van der Waals surface area contributed by atoms with Gasteiger partial charge in [0.05, 0.1) is 18.8 Å². The Morgan fingerprint density at radius 1 is 1.56 bits per heavy atom. The zero-order chi connectivity index (χ0) is 17.8. The van der Waals surface area contributed by atoms with Crippen LogP contribution >= 0.6 is 15.9 Å². The average molecular weight is 403 g/mol. The van der Waals surface area contributed by atoms with Crippen molar-refractivity contribution in [3.8, 4) is 6.07 Å². The van der Waals surface area contributed by atoms with Crippen molar-refractivity contribution in [2.75, 3.05) is 19.6 Å². The van der Waals surface area contributed by atoms with E-state index in [2.05, 4.69) is 42.3 Å². The molecule has 7 nitrogen and oxygen atoms in total. The van der Waals surface area contributed by atoms with Crippen molar-refractivity contribution in [3.05, 3.63) is 28.6 Å². The highest BCUT2D eigenvalue weighted by atomic mass is 79.9. The number of fused-ring (bicyclic) bond motifs is 1. The summed E-state index contributed by atoms with van der Waals surface area (Å²) in [4.78, 5) is 26.1. The first kappa shape index (κ1) is 17.4. The van der Waals surface area contributed by atoms with Gasteiger partial charge in [0.25, 0.3) is 0 Å². The van der Waals surface area contributed by atoms with Crippen LogP contribution in [-0.4, -0.2) is 45.4 Å². The molecule has 130 valence electrons. The molecule has 3 rings (SSSR count). The van der Waals surface area contributed by atoms with E-state index in [4.69, 9.17) is 5.26 Å². The maximum absolute atomic E-state index is 12.4. The van der Waals surface area contributed by atoms with Gasteiger partial charge >= 0.3 is 0 Å². The fourth-order valence-electron chi connectivity index (χ4n) is 2.97. The lowest BCUT2D eigenvalue weighted by Crippen LogP contribution is -2.42. The Labute approximate surface area is 154 Å². The number of halogens is 1. The molecule has 25 heavy (non-hydrogen) atoms. The summed E-state index contributed by atoms with van der Waals surface area (Å²) in [5, 5.41) is 12.2. The monoisotopic (exact) mass is 402 g/mol. The summed E-state index contributed by atoms with van der Waals surface area (Å²) < 4.78 is 0.660. The summed E-state index contributed by atoms with van der Waals surface area (Å²) in [6, 6.07) is 2.28. The highest BCUT2D eigenvalue weighted by molar-refractivity contribution is 9.10. The van der Waals surface area contributed by atoms with E-state index >= 15 is 0 Å². The molecule has 0 saturated carbocycles. The number of amides is 1. The van der Waals surface area contributed by atoms with Crippen molar-refractivity contribution >= 4 is 38.7 Å². The van der Waals surface area contributed by atoms with E-state index in [1.54, 1.807) is 6.20 Å². The van der Waals surface area contributed by atoms with Crippen LogP contribution in [0.25, 0.3) is 16.9 Å². The molecule has 2 aromatic heterocycles. The molecule has 0 unspecified atom stereocenters. The van der Waals surface area contributed by atoms with Gasteiger partial charge in [-0.3, -0.25) is 4.79 Å². The average Bonchev–Trinajstić information content (AvgIpc) is 3.05. The number of rotatable bonds is 4. The SMILES string of the molecule is CC=C(NCC(=O)N1CCC(C#N)CC1)c1c[nH]c2ncc(Br)nc12. The predicted molar refractivity (Wildman–Crippen MR) is 98.2 cm³/mol. The minimum Gasteiger partial charge on any atom is -0.376 e. The summed E-state index contributed by atoms with van der Waals surface area (Å²) in [5.41, 5.74) is 3.16. The normalized spacial score (nSPS) is 16.0. The number of aromatic amines is 1. The van der Waals surface area contributed by atoms with Crippen LogP contribution in [0.15, 0.2) is 23.1 Å². The van der Waals surface area contributed by atoms with E-state index in [0.717, 1.165) is 29.6 Å². The number of nitrogens with zero attached hydrogens (tertiary/aromatic N) is 4. The number of carbonyl (C=O) groups is 1. The Morgan fingerprint density at radius 3 is 3.00 bits per heavy atom. The second-order valence-corrected chi connectivity index (χ2v) is 6.74. The number of H-pyrrole nitrogens is 1. The van der Waals surface area contributed by atoms with Gasteiger partial charge in [0.1, 0.15) is 10.1 Å². The lowest BCUT2D eigenvalue weighted by molar-refractivity contribution is -0.131. The van der Waals surface area contributed by atoms with Crippen molar-refractivity contribution in [2.24, 2.45) is 5.92 Å². The fourth-order valence-corrected chi connectivity index (χ4v) is 3.25. The third kappa shape index (κ3) is 3.82. The van der Waals surface area contributed by atoms with Crippen LogP contribution in [0.3, 0.4) is 0 Å². The van der Waals surface area contributed by atoms with E-state index in [0.29, 0.717) is 23.3 Å². The van der Waals surface area contributed by atoms with Gasteiger partial charge in [-0.25, -0.2) is 9.97 Å². The molecule has 1 aliphatic rings. The minimum absolute atomic E-state index is 0.0443. The van der Waals surface area contributed by atoms with Crippen LogP contribution < -0.4 is 5.32 Å². The van der Waals surface area contributed by atoms with Crippen molar-refractivity contribution in [1.29, 1.82) is 5.26 Å². The molecule has 1 fully saturated rings. The van der Waals surface area contributed by atoms with E-state index in [1.165, 1.54) is 0 Å². The van der Waals surface area contributed by atoms with Crippen LogP contribution in [0.1, 0.15) is 25.3 Å². The summed E-state index contributed by atoms with van der Waals surface area (Å²) in [6.45, 7) is 3.42. The lowest BCUT2D eigenvalue weighted by Gasteiger charge is -2.29. The number of piperidine rings is 1. The van der Waals surface area contributed by atoms with Gasteiger partial charge in [-0.1, -0.05) is 6.08 Å². The second kappa shape index (κ2) is 7.66. The molecule has 2 N–H and O–H groups in total. The molecule has 0 bridgehead atoms. The van der Waals surface area contributed by atoms with E-state index in [1.807, 2.05) is 24.1 Å². The molecular weight excluding hydrogens is 384 g/mol. The van der Waals surface area contributed by atoms with Gasteiger partial charge in [-0.2, -0.15) is 5.26 Å². The number of likely N-dealkylation sites (tertiary alicyclic amines) is 1. The molecule has 0 atom stereocenters. The van der Waals surface area contributed by atoms with Gasteiger partial charge in [-0.15, -0.1) is 0 Å². The Hall–Kier alpha value is -2.40. The first-order valence-corrected chi connectivity index (χ1v) is 8.99. The van der Waals surface area contributed by atoms with Crippen LogP contribution in [0.2, 0.25) is 0 Å². The standard InChI is InChI=1S/C17H19BrN6O/c1-2-13(12-8-21-17-16(12)23-14(18)9-22-17)20-10-15(25)24-5-3-11(7-19)4-6-24/h2,8-9,11,20H,3-6,10H2,1H3,(H,21,22). The van der Waals surface area contributed by atoms with Crippen LogP contribution in [0.4, 0.5) is 0 Å². The van der Waals surface area contributed by atoms with Crippen LogP contribution in [0, 0.1) is 17.2 Å². The zero-order valence-electron chi connectivity index (χ0n) is 13.9. The molecule has 0 spiro atoms. The Balaban J connectivity index is 1.66. The Bertz CT molecular complexity index is 844. The van der Waals surface area contributed by atoms with Gasteiger partial charge in [0.2, 0.25) is 5.91 Å². The van der Waals surface area contributed by atoms with Crippen LogP contribution in [0.5, 0.6) is 0 Å². The molecular formula is C17H19BrN6O. The third-order valence-corrected chi connectivity index (χ3v) is 4.77. The third-order valence-electron chi connectivity index (χ3n) is 4.39. The number of hydrogen-bond acceptors (Lipinski definition) is 5. The van der Waals surface area contributed by atoms with E-state index in [-0.39, 0.29) is 18.4 Å². The summed E-state index contributed by atoms with van der Waals surface area (Å²) in [7, 11) is 0. The zero-order valence-corrected chi connectivity index (χ0v) is 15.5. The molecule has 1 aliphatic heterocycles. The summed E-state index contributed by atoms with van der Waals surface area (Å²) >= 11 is 3.34. The minimum atomic E-state index is 0.0443. The van der Waals surface area contributed by atoms with Gasteiger partial charge in [0, 0.05) is 36.5 Å². The highest BCUT2D eigenvalue weighted by Crippen LogP contribution is 2.22. The van der Waals surface area contributed by atoms with E-state index < -0.39 is 0 Å². The summed E-state index contributed by atoms with van der Waals surface area (Å²) in [6.07, 6.45) is 6.90. The maximum atomic E-state index is 12.4. The predicted octanol–water partition coefficient (Wildman–Crippen LogP) is 2.43. The second-order valence-electron chi connectivity index (χ2n) is 5.93. The molecule has 1 saturated heterocycles. The smallest absolute Gasteiger partial charge is 0.241 e. The molecule has 0 radical (unpaired) electrons. The van der Waals surface area contributed by atoms with Crippen molar-refractivity contribution in [2.45, 2.75) is 19.8 Å². The summed E-state index contributed by atoms with van der Waals surface area (Å²) in [5.74, 6) is 0.120. The maximum Gasteiger partial charge on any atom is 0.241 e. The van der Waals surface area contributed by atoms with E-state index in [9.17, 15) is 4.79 Å². The van der Waals surface area contributed by atoms with Crippen LogP contribution in [-0.2, 0) is 4.79 Å². The lowest BCUT2D eigenvalue weighted by atomic mass is 9.98. The van der Waals surface area contributed by atoms with Crippen molar-refractivity contribution in [1.82, 2.24) is 25.2 Å². The highest BCUT2D eigenvalue weighted by Gasteiger charge is 2.22. The Kier molecular flexibility index (Phi) is 5.34. The fraction of sp³-hybridized carbons (Fsp3) is 0.412. The molecule has 8 heteroatoms.